The number of carboxylic acid groups (broad SMARTS) is 1. The molecule has 3 aromatic carbocycles. The summed E-state index contributed by atoms with van der Waals surface area (Å²) in [6.45, 7) is 1.79. The molecule has 1 N–H and O–H groups in total. The van der Waals surface area contributed by atoms with Gasteiger partial charge in [-0.3, -0.25) is 4.79 Å². The number of thioether (sulfide) groups is 1. The number of halogens is 4. The van der Waals surface area contributed by atoms with Crippen LogP contribution < -0.4 is 9.47 Å². The molecule has 0 saturated heterocycles. The monoisotopic (exact) mass is 494 g/mol. The molecule has 0 aliphatic rings. The van der Waals surface area contributed by atoms with Gasteiger partial charge in [-0.2, -0.15) is 13.2 Å². The van der Waals surface area contributed by atoms with Crippen molar-refractivity contribution in [2.24, 2.45) is 0 Å². The highest BCUT2D eigenvalue weighted by atomic mass is 32.2. The van der Waals surface area contributed by atoms with E-state index >= 15 is 0 Å². The Kier molecular flexibility index (Phi) is 8.44. The van der Waals surface area contributed by atoms with E-state index in [2.05, 4.69) is 0 Å². The SMILES string of the molecule is C[C@H](CCSc1cccc(CC(=O)O)c1)Oc1ccc(C(F)(F)F)cc1Oc1ccc(F)cc1. The molecule has 0 aliphatic heterocycles. The maximum atomic E-state index is 13.2. The van der Waals surface area contributed by atoms with Crippen molar-refractivity contribution in [3.8, 4) is 17.2 Å². The summed E-state index contributed by atoms with van der Waals surface area (Å²) in [6.07, 6.45) is -4.39. The van der Waals surface area contributed by atoms with Gasteiger partial charge in [-0.1, -0.05) is 12.1 Å². The lowest BCUT2D eigenvalue weighted by molar-refractivity contribution is -0.138. The summed E-state index contributed by atoms with van der Waals surface area (Å²) in [5.74, 6) is -0.561. The van der Waals surface area contributed by atoms with E-state index in [0.29, 0.717) is 17.7 Å². The summed E-state index contributed by atoms with van der Waals surface area (Å²) in [5, 5.41) is 8.92. The molecule has 0 aromatic heterocycles. The molecule has 0 bridgehead atoms. The minimum absolute atomic E-state index is 0.0569. The molecule has 0 fully saturated rings. The summed E-state index contributed by atoms with van der Waals surface area (Å²) in [4.78, 5) is 11.8. The molecule has 0 amide bonds. The lowest BCUT2D eigenvalue weighted by Crippen LogP contribution is -2.14. The number of aliphatic carboxylic acids is 1. The van der Waals surface area contributed by atoms with Crippen molar-refractivity contribution in [3.05, 3.63) is 83.7 Å². The second-order valence-corrected chi connectivity index (χ2v) is 8.67. The maximum absolute atomic E-state index is 13.2. The fraction of sp³-hybridized carbons (Fsp3) is 0.240. The first kappa shape index (κ1) is 25.4. The molecule has 0 unspecified atom stereocenters. The Morgan fingerprint density at radius 2 is 1.76 bits per heavy atom. The van der Waals surface area contributed by atoms with Crippen LogP contribution in [0.15, 0.2) is 71.6 Å². The van der Waals surface area contributed by atoms with Gasteiger partial charge in [-0.15, -0.1) is 11.8 Å². The van der Waals surface area contributed by atoms with Crippen LogP contribution in [-0.4, -0.2) is 22.9 Å². The molecular formula is C25H22F4O4S. The summed E-state index contributed by atoms with van der Waals surface area (Å²) >= 11 is 1.53. The van der Waals surface area contributed by atoms with Gasteiger partial charge in [0.15, 0.2) is 11.5 Å². The number of hydrogen-bond donors (Lipinski definition) is 1. The van der Waals surface area contributed by atoms with Gasteiger partial charge in [-0.25, -0.2) is 4.39 Å². The third-order valence-electron chi connectivity index (χ3n) is 4.69. The van der Waals surface area contributed by atoms with E-state index in [4.69, 9.17) is 14.6 Å². The van der Waals surface area contributed by atoms with Crippen molar-refractivity contribution in [1.82, 2.24) is 0 Å². The van der Waals surface area contributed by atoms with E-state index in [1.165, 1.54) is 30.0 Å². The number of carboxylic acids is 1. The van der Waals surface area contributed by atoms with E-state index < -0.39 is 23.5 Å². The van der Waals surface area contributed by atoms with Crippen molar-refractivity contribution in [1.29, 1.82) is 0 Å². The van der Waals surface area contributed by atoms with Gasteiger partial charge in [0.25, 0.3) is 0 Å². The highest BCUT2D eigenvalue weighted by Gasteiger charge is 2.31. The zero-order chi connectivity index (χ0) is 24.7. The van der Waals surface area contributed by atoms with Crippen LogP contribution in [0.1, 0.15) is 24.5 Å². The zero-order valence-electron chi connectivity index (χ0n) is 18.1. The van der Waals surface area contributed by atoms with Crippen molar-refractivity contribution in [2.45, 2.75) is 36.9 Å². The number of rotatable bonds is 10. The standard InChI is InChI=1S/C25H22F4O4S/c1-16(11-12-34-21-4-2-3-17(13-21)14-24(30)31)32-22-10-5-18(25(27,28)29)15-23(22)33-20-8-6-19(26)7-9-20/h2-10,13,15-16H,11-12,14H2,1H3,(H,30,31)/t16-/m1/s1. The van der Waals surface area contributed by atoms with E-state index in [0.717, 1.165) is 29.2 Å². The Morgan fingerprint density at radius 1 is 1.03 bits per heavy atom. The van der Waals surface area contributed by atoms with Crippen LogP contribution in [0.3, 0.4) is 0 Å². The first-order valence-electron chi connectivity index (χ1n) is 10.3. The maximum Gasteiger partial charge on any atom is 0.416 e. The molecule has 3 aromatic rings. The van der Waals surface area contributed by atoms with Crippen LogP contribution in [0.4, 0.5) is 17.6 Å². The Bertz CT molecular complexity index is 1120. The topological polar surface area (TPSA) is 55.8 Å². The minimum atomic E-state index is -4.56. The summed E-state index contributed by atoms with van der Waals surface area (Å²) in [5.41, 5.74) is -0.185. The summed E-state index contributed by atoms with van der Waals surface area (Å²) in [6, 6.07) is 15.1. The van der Waals surface area contributed by atoms with Crippen LogP contribution >= 0.6 is 11.8 Å². The van der Waals surface area contributed by atoms with Crippen molar-refractivity contribution in [3.63, 3.8) is 0 Å². The minimum Gasteiger partial charge on any atom is -0.487 e. The fourth-order valence-electron chi connectivity index (χ4n) is 3.03. The molecule has 1 atom stereocenters. The predicted molar refractivity (Wildman–Crippen MR) is 121 cm³/mol. The Morgan fingerprint density at radius 3 is 2.44 bits per heavy atom. The molecule has 0 heterocycles. The van der Waals surface area contributed by atoms with E-state index in [-0.39, 0.29) is 29.8 Å². The molecule has 34 heavy (non-hydrogen) atoms. The first-order chi connectivity index (χ1) is 16.1. The molecular weight excluding hydrogens is 472 g/mol. The number of carbonyl (C=O) groups is 1. The summed E-state index contributed by atoms with van der Waals surface area (Å²) in [7, 11) is 0. The van der Waals surface area contributed by atoms with E-state index in [1.54, 1.807) is 19.1 Å². The highest BCUT2D eigenvalue weighted by molar-refractivity contribution is 7.99. The third-order valence-corrected chi connectivity index (χ3v) is 5.71. The third kappa shape index (κ3) is 7.69. The normalized spacial score (nSPS) is 12.3. The van der Waals surface area contributed by atoms with Gasteiger partial charge in [0.2, 0.25) is 0 Å². The smallest absolute Gasteiger partial charge is 0.416 e. The largest absolute Gasteiger partial charge is 0.487 e. The molecule has 4 nitrogen and oxygen atoms in total. The summed E-state index contributed by atoms with van der Waals surface area (Å²) < 4.78 is 64.2. The number of benzene rings is 3. The van der Waals surface area contributed by atoms with Crippen molar-refractivity contribution < 1.29 is 36.9 Å². The predicted octanol–water partition coefficient (Wildman–Crippen LogP) is 7.21. The quantitative estimate of drug-likeness (QED) is 0.238. The first-order valence-corrected chi connectivity index (χ1v) is 11.3. The van der Waals surface area contributed by atoms with Gasteiger partial charge in [0, 0.05) is 10.6 Å². The van der Waals surface area contributed by atoms with Crippen LogP contribution in [0, 0.1) is 5.82 Å². The average molecular weight is 495 g/mol. The number of hydrogen-bond acceptors (Lipinski definition) is 4. The number of alkyl halides is 3. The molecule has 0 aliphatic carbocycles. The van der Waals surface area contributed by atoms with Crippen LogP contribution in [0.25, 0.3) is 0 Å². The van der Waals surface area contributed by atoms with Crippen LogP contribution in [0.5, 0.6) is 17.2 Å². The molecule has 180 valence electrons. The molecule has 0 spiro atoms. The van der Waals surface area contributed by atoms with Crippen LogP contribution in [0.2, 0.25) is 0 Å². The average Bonchev–Trinajstić information content (AvgIpc) is 2.75. The van der Waals surface area contributed by atoms with Gasteiger partial charge < -0.3 is 14.6 Å². The Hall–Kier alpha value is -3.20. The van der Waals surface area contributed by atoms with Gasteiger partial charge in [0.05, 0.1) is 18.1 Å². The number of ether oxygens (including phenoxy) is 2. The highest BCUT2D eigenvalue weighted by Crippen LogP contribution is 2.39. The van der Waals surface area contributed by atoms with Crippen molar-refractivity contribution in [2.75, 3.05) is 5.75 Å². The van der Waals surface area contributed by atoms with Gasteiger partial charge >= 0.3 is 12.1 Å². The molecule has 9 heteroatoms. The van der Waals surface area contributed by atoms with Gasteiger partial charge in [-0.05, 0) is 73.5 Å². The lowest BCUT2D eigenvalue weighted by Gasteiger charge is -2.19. The fourth-order valence-corrected chi connectivity index (χ4v) is 4.12. The van der Waals surface area contributed by atoms with Crippen molar-refractivity contribution >= 4 is 17.7 Å². The second kappa shape index (κ2) is 11.3. The Balaban J connectivity index is 1.66. The second-order valence-electron chi connectivity index (χ2n) is 7.50. The van der Waals surface area contributed by atoms with E-state index in [1.807, 2.05) is 12.1 Å². The van der Waals surface area contributed by atoms with Crippen LogP contribution in [-0.2, 0) is 17.4 Å². The molecule has 0 saturated carbocycles. The Labute approximate surface area is 198 Å². The van der Waals surface area contributed by atoms with Gasteiger partial charge in [0.1, 0.15) is 11.6 Å². The van der Waals surface area contributed by atoms with E-state index in [9.17, 15) is 22.4 Å². The molecule has 3 rings (SSSR count). The zero-order valence-corrected chi connectivity index (χ0v) is 19.0. The molecule has 0 radical (unpaired) electrons. The lowest BCUT2D eigenvalue weighted by atomic mass is 10.2.